The fourth-order valence-corrected chi connectivity index (χ4v) is 4.55. The minimum atomic E-state index is -3.80. The lowest BCUT2D eigenvalue weighted by atomic mass is 10.2. The molecule has 2 N–H and O–H groups in total. The van der Waals surface area contributed by atoms with Gasteiger partial charge in [-0.1, -0.05) is 6.07 Å². The second kappa shape index (κ2) is 7.94. The van der Waals surface area contributed by atoms with Gasteiger partial charge >= 0.3 is 0 Å². The highest BCUT2D eigenvalue weighted by Gasteiger charge is 2.18. The highest BCUT2D eigenvalue weighted by molar-refractivity contribution is 7.92. The summed E-state index contributed by atoms with van der Waals surface area (Å²) in [6.45, 7) is 1.72. The van der Waals surface area contributed by atoms with Gasteiger partial charge in [-0.05, 0) is 54.3 Å². The van der Waals surface area contributed by atoms with E-state index in [0.29, 0.717) is 17.2 Å². The Balaban J connectivity index is 1.56. The first kappa shape index (κ1) is 19.0. The van der Waals surface area contributed by atoms with Crippen LogP contribution >= 0.6 is 11.3 Å². The second-order valence-corrected chi connectivity index (χ2v) is 8.62. The number of nitrogens with one attached hydrogen (secondary N) is 2. The third-order valence-electron chi connectivity index (χ3n) is 3.94. The van der Waals surface area contributed by atoms with Crippen LogP contribution in [0.15, 0.2) is 71.3 Å². The Morgan fingerprint density at radius 2 is 1.72 bits per heavy atom. The van der Waals surface area contributed by atoms with Gasteiger partial charge in [-0.3, -0.25) is 0 Å². The number of nitrogens with zero attached hydrogens (tertiary/aromatic N) is 4. The zero-order valence-corrected chi connectivity index (χ0v) is 16.9. The first-order valence-corrected chi connectivity index (χ1v) is 10.9. The van der Waals surface area contributed by atoms with E-state index in [-0.39, 0.29) is 10.8 Å². The van der Waals surface area contributed by atoms with Gasteiger partial charge in [0.15, 0.2) is 0 Å². The van der Waals surface area contributed by atoms with E-state index in [9.17, 15) is 8.42 Å². The molecule has 1 aromatic carbocycles. The molecule has 0 fully saturated rings. The van der Waals surface area contributed by atoms with Crippen LogP contribution in [0.25, 0.3) is 10.6 Å². The van der Waals surface area contributed by atoms with Gasteiger partial charge in [-0.2, -0.15) is 0 Å². The molecule has 8 nitrogen and oxygen atoms in total. The fourth-order valence-electron chi connectivity index (χ4n) is 2.67. The van der Waals surface area contributed by atoms with Gasteiger partial charge in [-0.15, -0.1) is 11.3 Å². The van der Waals surface area contributed by atoms with E-state index in [0.717, 1.165) is 10.6 Å². The van der Waals surface area contributed by atoms with E-state index < -0.39 is 10.0 Å². The van der Waals surface area contributed by atoms with Crippen molar-refractivity contribution >= 4 is 38.9 Å². The van der Waals surface area contributed by atoms with Crippen LogP contribution in [0.1, 0.15) is 5.56 Å². The molecule has 146 valence electrons. The SMILES string of the molecule is Cc1cc(Nc2nccc(-c3cccs3)n2)ccc1S(=O)(=O)Nc1ncccn1. The summed E-state index contributed by atoms with van der Waals surface area (Å²) in [5.74, 6) is 0.453. The summed E-state index contributed by atoms with van der Waals surface area (Å²) in [6, 6.07) is 12.3. The summed E-state index contributed by atoms with van der Waals surface area (Å²) in [5, 5.41) is 5.11. The maximum absolute atomic E-state index is 12.6. The summed E-state index contributed by atoms with van der Waals surface area (Å²) in [7, 11) is -3.80. The van der Waals surface area contributed by atoms with Crippen LogP contribution < -0.4 is 10.0 Å². The quantitative estimate of drug-likeness (QED) is 0.484. The monoisotopic (exact) mass is 424 g/mol. The third-order valence-corrected chi connectivity index (χ3v) is 6.32. The molecular weight excluding hydrogens is 408 g/mol. The maximum Gasteiger partial charge on any atom is 0.264 e. The summed E-state index contributed by atoms with van der Waals surface area (Å²) in [6.07, 6.45) is 4.62. The minimum Gasteiger partial charge on any atom is -0.324 e. The number of hydrogen-bond acceptors (Lipinski definition) is 8. The van der Waals surface area contributed by atoms with Gasteiger partial charge in [0.25, 0.3) is 10.0 Å². The Bertz CT molecular complexity index is 1230. The Morgan fingerprint density at radius 3 is 2.45 bits per heavy atom. The molecule has 0 radical (unpaired) electrons. The van der Waals surface area contributed by atoms with E-state index in [4.69, 9.17) is 0 Å². The highest BCUT2D eigenvalue weighted by atomic mass is 32.2. The van der Waals surface area contributed by atoms with Crippen molar-refractivity contribution in [2.45, 2.75) is 11.8 Å². The number of rotatable bonds is 6. The van der Waals surface area contributed by atoms with E-state index in [1.54, 1.807) is 42.7 Å². The van der Waals surface area contributed by atoms with Crippen molar-refractivity contribution in [1.82, 2.24) is 19.9 Å². The van der Waals surface area contributed by atoms with Crippen molar-refractivity contribution in [2.75, 3.05) is 10.0 Å². The van der Waals surface area contributed by atoms with Crippen molar-refractivity contribution in [3.8, 4) is 10.6 Å². The Kier molecular flexibility index (Phi) is 5.19. The number of thiophene rings is 1. The Labute approximate surface area is 171 Å². The number of hydrogen-bond donors (Lipinski definition) is 2. The summed E-state index contributed by atoms with van der Waals surface area (Å²) in [4.78, 5) is 17.7. The molecule has 0 spiro atoms. The first-order valence-electron chi connectivity index (χ1n) is 8.56. The lowest BCUT2D eigenvalue weighted by Crippen LogP contribution is -2.16. The number of anilines is 3. The normalized spacial score (nSPS) is 11.2. The molecule has 4 aromatic rings. The average Bonchev–Trinajstić information content (AvgIpc) is 3.23. The predicted octanol–water partition coefficient (Wildman–Crippen LogP) is 3.85. The van der Waals surface area contributed by atoms with Crippen LogP contribution in [0.3, 0.4) is 0 Å². The largest absolute Gasteiger partial charge is 0.324 e. The van der Waals surface area contributed by atoms with Crippen LogP contribution in [-0.2, 0) is 10.0 Å². The van der Waals surface area contributed by atoms with Gasteiger partial charge in [0, 0.05) is 24.3 Å². The molecular formula is C19H16N6O2S2. The predicted molar refractivity (Wildman–Crippen MR) is 113 cm³/mol. The third kappa shape index (κ3) is 4.39. The van der Waals surface area contributed by atoms with E-state index >= 15 is 0 Å². The zero-order chi connectivity index (χ0) is 20.3. The van der Waals surface area contributed by atoms with Crippen LogP contribution in [0, 0.1) is 6.92 Å². The van der Waals surface area contributed by atoms with Crippen molar-refractivity contribution in [3.63, 3.8) is 0 Å². The van der Waals surface area contributed by atoms with Gasteiger partial charge < -0.3 is 5.32 Å². The number of aryl methyl sites for hydroxylation is 1. The van der Waals surface area contributed by atoms with Crippen LogP contribution in [0.5, 0.6) is 0 Å². The molecule has 0 saturated carbocycles. The van der Waals surface area contributed by atoms with E-state index in [1.165, 1.54) is 18.5 Å². The van der Waals surface area contributed by atoms with Crippen molar-refractivity contribution < 1.29 is 8.42 Å². The van der Waals surface area contributed by atoms with Gasteiger partial charge in [0.05, 0.1) is 15.5 Å². The molecule has 0 amide bonds. The van der Waals surface area contributed by atoms with Crippen molar-refractivity contribution in [3.05, 3.63) is 72.0 Å². The summed E-state index contributed by atoms with van der Waals surface area (Å²) < 4.78 is 27.6. The fraction of sp³-hybridized carbons (Fsp3) is 0.0526. The highest BCUT2D eigenvalue weighted by Crippen LogP contribution is 2.25. The van der Waals surface area contributed by atoms with Crippen molar-refractivity contribution in [1.29, 1.82) is 0 Å². The molecule has 0 atom stereocenters. The van der Waals surface area contributed by atoms with Crippen molar-refractivity contribution in [2.24, 2.45) is 0 Å². The smallest absolute Gasteiger partial charge is 0.264 e. The Hall–Kier alpha value is -3.37. The number of aromatic nitrogens is 4. The number of sulfonamides is 1. The molecule has 0 aliphatic heterocycles. The van der Waals surface area contributed by atoms with Gasteiger partial charge in [-0.25, -0.2) is 33.1 Å². The minimum absolute atomic E-state index is 0.0212. The second-order valence-electron chi connectivity index (χ2n) is 6.03. The molecule has 0 saturated heterocycles. The lowest BCUT2D eigenvalue weighted by Gasteiger charge is -2.11. The molecule has 4 rings (SSSR count). The lowest BCUT2D eigenvalue weighted by molar-refractivity contribution is 0.600. The molecule has 29 heavy (non-hydrogen) atoms. The topological polar surface area (TPSA) is 110 Å². The van der Waals surface area contributed by atoms with Crippen LogP contribution in [-0.4, -0.2) is 28.4 Å². The molecule has 3 aromatic heterocycles. The maximum atomic E-state index is 12.6. The number of benzene rings is 1. The molecule has 3 heterocycles. The van der Waals surface area contributed by atoms with Gasteiger partial charge in [0.2, 0.25) is 11.9 Å². The molecule has 0 unspecified atom stereocenters. The molecule has 0 aliphatic carbocycles. The van der Waals surface area contributed by atoms with Gasteiger partial charge in [0.1, 0.15) is 0 Å². The summed E-state index contributed by atoms with van der Waals surface area (Å²) in [5.41, 5.74) is 2.06. The van der Waals surface area contributed by atoms with Crippen LogP contribution in [0.4, 0.5) is 17.6 Å². The molecule has 0 aliphatic rings. The zero-order valence-electron chi connectivity index (χ0n) is 15.3. The van der Waals surface area contributed by atoms with Crippen LogP contribution in [0.2, 0.25) is 0 Å². The Morgan fingerprint density at radius 1 is 0.931 bits per heavy atom. The summed E-state index contributed by atoms with van der Waals surface area (Å²) >= 11 is 1.60. The standard InChI is InChI=1S/C19H16N6O2S2/c1-13-12-14(23-19-22-10-7-15(24-19)16-4-2-11-28-16)5-6-17(13)29(26,27)25-18-20-8-3-9-21-18/h2-12H,1H3,(H,20,21,25)(H,22,23,24). The first-order chi connectivity index (χ1) is 14.0. The molecule has 10 heteroatoms. The molecule has 0 bridgehead atoms. The average molecular weight is 425 g/mol. The van der Waals surface area contributed by atoms with E-state index in [2.05, 4.69) is 30.0 Å². The van der Waals surface area contributed by atoms with E-state index in [1.807, 2.05) is 23.6 Å².